The van der Waals surface area contributed by atoms with Gasteiger partial charge in [0.25, 0.3) is 5.91 Å². The largest absolute Gasteiger partial charge is 0.378 e. The van der Waals surface area contributed by atoms with E-state index in [1.165, 1.54) is 0 Å². The number of rotatable bonds is 6. The van der Waals surface area contributed by atoms with Crippen LogP contribution in [0.2, 0.25) is 5.02 Å². The monoisotopic (exact) mass is 484 g/mol. The van der Waals surface area contributed by atoms with Gasteiger partial charge >= 0.3 is 0 Å². The van der Waals surface area contributed by atoms with E-state index in [0.717, 1.165) is 5.56 Å². The van der Waals surface area contributed by atoms with Crippen LogP contribution < -0.4 is 0 Å². The van der Waals surface area contributed by atoms with Crippen LogP contribution >= 0.6 is 11.6 Å². The minimum Gasteiger partial charge on any atom is -0.378 e. The van der Waals surface area contributed by atoms with E-state index in [1.54, 1.807) is 21.9 Å². The minimum absolute atomic E-state index is 0.00223. The Hall–Kier alpha value is -1.48. The lowest BCUT2D eigenvalue weighted by molar-refractivity contribution is -0.167. The summed E-state index contributed by atoms with van der Waals surface area (Å²) in [7, 11) is -1.13. The second-order valence-electron chi connectivity index (χ2n) is 9.31. The molecule has 1 aromatic carbocycles. The molecule has 4 atom stereocenters. The summed E-state index contributed by atoms with van der Waals surface area (Å²) in [5.41, 5.74) is 0.897. The van der Waals surface area contributed by atoms with Crippen LogP contribution in [0.15, 0.2) is 24.3 Å². The van der Waals surface area contributed by atoms with Crippen molar-refractivity contribution in [3.8, 4) is 0 Å². The van der Waals surface area contributed by atoms with Gasteiger partial charge in [0.1, 0.15) is 6.10 Å². The highest BCUT2D eigenvalue weighted by Gasteiger charge is 2.41. The highest BCUT2D eigenvalue weighted by molar-refractivity contribution is 7.86. The number of hydrogen-bond donors (Lipinski definition) is 0. The van der Waals surface area contributed by atoms with Crippen molar-refractivity contribution in [1.29, 1.82) is 0 Å². The fraction of sp³-hybridized carbons (Fsp3) is 0.652. The lowest BCUT2D eigenvalue weighted by Gasteiger charge is -2.43. The van der Waals surface area contributed by atoms with Crippen molar-refractivity contribution in [2.45, 2.75) is 57.1 Å². The second kappa shape index (κ2) is 10.6. The van der Waals surface area contributed by atoms with Crippen LogP contribution in [0, 0.1) is 0 Å². The topological polar surface area (TPSA) is 76.2 Å². The Bertz CT molecular complexity index is 836. The molecule has 3 rings (SSSR count). The Labute approximate surface area is 197 Å². The average Bonchev–Trinajstić information content (AvgIpc) is 2.75. The number of ether oxygens (including phenoxy) is 2. The number of benzene rings is 1. The van der Waals surface area contributed by atoms with Crippen LogP contribution in [0.3, 0.4) is 0 Å². The third-order valence-electron chi connectivity index (χ3n) is 5.85. The van der Waals surface area contributed by atoms with E-state index in [4.69, 9.17) is 21.1 Å². The number of halogens is 1. The SMILES string of the molecule is CC(CS(=O)C(C)(C)C)N1C(=O)C(CC(=O)N2CCOCC2)OCC1c1ccc(Cl)cc1. The van der Waals surface area contributed by atoms with Crippen molar-refractivity contribution in [3.63, 3.8) is 0 Å². The van der Waals surface area contributed by atoms with E-state index in [2.05, 4.69) is 0 Å². The van der Waals surface area contributed by atoms with E-state index >= 15 is 0 Å². The molecule has 178 valence electrons. The maximum absolute atomic E-state index is 13.5. The molecule has 9 heteroatoms. The van der Waals surface area contributed by atoms with Gasteiger partial charge in [0.2, 0.25) is 5.91 Å². The molecule has 0 aliphatic carbocycles. The van der Waals surface area contributed by atoms with E-state index < -0.39 is 16.9 Å². The van der Waals surface area contributed by atoms with Gasteiger partial charge in [-0.1, -0.05) is 23.7 Å². The molecule has 2 aliphatic heterocycles. The molecule has 0 spiro atoms. The second-order valence-corrected chi connectivity index (χ2v) is 12.0. The molecule has 2 fully saturated rings. The van der Waals surface area contributed by atoms with Gasteiger partial charge in [0, 0.05) is 45.5 Å². The summed E-state index contributed by atoms with van der Waals surface area (Å²) in [4.78, 5) is 29.8. The van der Waals surface area contributed by atoms with Gasteiger partial charge in [-0.25, -0.2) is 0 Å². The molecule has 1 aromatic rings. The summed E-state index contributed by atoms with van der Waals surface area (Å²) in [6.45, 7) is 10.0. The van der Waals surface area contributed by atoms with Gasteiger partial charge < -0.3 is 19.3 Å². The van der Waals surface area contributed by atoms with Crippen LogP contribution in [0.4, 0.5) is 0 Å². The Morgan fingerprint density at radius 2 is 1.84 bits per heavy atom. The van der Waals surface area contributed by atoms with Crippen LogP contribution in [-0.4, -0.2) is 81.4 Å². The van der Waals surface area contributed by atoms with Crippen molar-refractivity contribution in [2.75, 3.05) is 38.7 Å². The standard InChI is InChI=1S/C23H33ClN2O5S/c1-16(15-32(29)23(2,3)4)26-19(17-5-7-18(24)8-6-17)14-31-20(22(26)28)13-21(27)25-9-11-30-12-10-25/h5-8,16,19-20H,9-15H2,1-4H3. The quantitative estimate of drug-likeness (QED) is 0.620. The van der Waals surface area contributed by atoms with Crippen molar-refractivity contribution >= 4 is 34.2 Å². The Kier molecular flexibility index (Phi) is 8.36. The highest BCUT2D eigenvalue weighted by Crippen LogP contribution is 2.32. The lowest BCUT2D eigenvalue weighted by Crippen LogP contribution is -2.56. The molecule has 0 saturated carbocycles. The van der Waals surface area contributed by atoms with Crippen molar-refractivity contribution < 1.29 is 23.3 Å². The fourth-order valence-electron chi connectivity index (χ4n) is 3.94. The van der Waals surface area contributed by atoms with E-state index in [1.807, 2.05) is 39.8 Å². The summed E-state index contributed by atoms with van der Waals surface area (Å²) >= 11 is 6.05. The normalized spacial score (nSPS) is 24.3. The smallest absolute Gasteiger partial charge is 0.253 e. The first-order chi connectivity index (χ1) is 15.1. The molecule has 2 saturated heterocycles. The van der Waals surface area contributed by atoms with E-state index in [-0.39, 0.29) is 41.7 Å². The molecule has 0 N–H and O–H groups in total. The van der Waals surface area contributed by atoms with Crippen LogP contribution in [0.5, 0.6) is 0 Å². The molecule has 2 amide bonds. The fourth-order valence-corrected chi connectivity index (χ4v) is 5.17. The maximum atomic E-state index is 13.5. The number of hydrogen-bond acceptors (Lipinski definition) is 5. The van der Waals surface area contributed by atoms with Gasteiger partial charge in [-0.2, -0.15) is 0 Å². The Morgan fingerprint density at radius 1 is 1.22 bits per heavy atom. The Morgan fingerprint density at radius 3 is 2.44 bits per heavy atom. The third kappa shape index (κ3) is 6.10. The predicted octanol–water partition coefficient (Wildman–Crippen LogP) is 2.79. The molecule has 0 aromatic heterocycles. The molecule has 7 nitrogen and oxygen atoms in total. The Balaban J connectivity index is 1.80. The van der Waals surface area contributed by atoms with Crippen LogP contribution in [-0.2, 0) is 29.9 Å². The van der Waals surface area contributed by atoms with Crippen LogP contribution in [0.1, 0.15) is 45.7 Å². The first-order valence-corrected chi connectivity index (χ1v) is 12.7. The van der Waals surface area contributed by atoms with Gasteiger partial charge in [0.05, 0.1) is 32.3 Å². The van der Waals surface area contributed by atoms with Gasteiger partial charge in [0.15, 0.2) is 0 Å². The number of nitrogens with zero attached hydrogens (tertiary/aromatic N) is 2. The molecular formula is C23H33ClN2O5S. The summed E-state index contributed by atoms with van der Waals surface area (Å²) < 4.78 is 23.7. The number of carbonyl (C=O) groups excluding carboxylic acids is 2. The van der Waals surface area contributed by atoms with Crippen molar-refractivity contribution in [1.82, 2.24) is 9.80 Å². The molecule has 0 radical (unpaired) electrons. The molecule has 4 unspecified atom stereocenters. The first-order valence-electron chi connectivity index (χ1n) is 11.0. The summed E-state index contributed by atoms with van der Waals surface area (Å²) in [6, 6.07) is 6.71. The van der Waals surface area contributed by atoms with Crippen LogP contribution in [0.25, 0.3) is 0 Å². The van der Waals surface area contributed by atoms with Gasteiger partial charge in [-0.15, -0.1) is 0 Å². The highest BCUT2D eigenvalue weighted by atomic mass is 35.5. The van der Waals surface area contributed by atoms with Gasteiger partial charge in [-0.05, 0) is 45.4 Å². The summed E-state index contributed by atoms with van der Waals surface area (Å²) in [6.07, 6.45) is -0.850. The third-order valence-corrected chi connectivity index (χ3v) is 8.25. The first kappa shape index (κ1) is 25.1. The summed E-state index contributed by atoms with van der Waals surface area (Å²) in [5.74, 6) is 0.00221. The number of carbonyl (C=O) groups is 2. The predicted molar refractivity (Wildman–Crippen MR) is 125 cm³/mol. The number of morpholine rings is 2. The molecule has 0 bridgehead atoms. The molecule has 2 heterocycles. The zero-order valence-electron chi connectivity index (χ0n) is 19.2. The van der Waals surface area contributed by atoms with Crippen molar-refractivity contribution in [2.24, 2.45) is 0 Å². The molecular weight excluding hydrogens is 452 g/mol. The van der Waals surface area contributed by atoms with E-state index in [9.17, 15) is 13.8 Å². The minimum atomic E-state index is -1.13. The molecule has 2 aliphatic rings. The number of amides is 2. The zero-order chi connectivity index (χ0) is 23.5. The van der Waals surface area contributed by atoms with Crippen molar-refractivity contribution in [3.05, 3.63) is 34.9 Å². The summed E-state index contributed by atoms with van der Waals surface area (Å²) in [5, 5.41) is 0.610. The van der Waals surface area contributed by atoms with Gasteiger partial charge in [-0.3, -0.25) is 13.8 Å². The lowest BCUT2D eigenvalue weighted by atomic mass is 10.00. The molecule has 32 heavy (non-hydrogen) atoms. The zero-order valence-corrected chi connectivity index (χ0v) is 20.8. The average molecular weight is 485 g/mol. The maximum Gasteiger partial charge on any atom is 0.253 e. The van der Waals surface area contributed by atoms with E-state index in [0.29, 0.717) is 37.1 Å².